The Morgan fingerprint density at radius 2 is 2.04 bits per heavy atom. The quantitative estimate of drug-likeness (QED) is 0.676. The van der Waals surface area contributed by atoms with E-state index in [4.69, 9.17) is 4.74 Å². The number of amides is 1. The van der Waals surface area contributed by atoms with Gasteiger partial charge in [0.05, 0.1) is 17.5 Å². The van der Waals surface area contributed by atoms with Gasteiger partial charge in [-0.15, -0.1) is 5.10 Å². The molecule has 1 aromatic heterocycles. The van der Waals surface area contributed by atoms with Gasteiger partial charge in [0.1, 0.15) is 22.9 Å². The van der Waals surface area contributed by atoms with E-state index in [0.29, 0.717) is 17.9 Å². The second-order valence-corrected chi connectivity index (χ2v) is 6.87. The molecule has 0 bridgehead atoms. The van der Waals surface area contributed by atoms with Crippen molar-refractivity contribution < 1.29 is 18.3 Å². The van der Waals surface area contributed by atoms with Gasteiger partial charge < -0.3 is 9.64 Å². The first-order valence-corrected chi connectivity index (χ1v) is 8.84. The summed E-state index contributed by atoms with van der Waals surface area (Å²) in [6.07, 6.45) is 1.27. The molecule has 2 aliphatic rings. The van der Waals surface area contributed by atoms with E-state index in [-0.39, 0.29) is 35.1 Å². The van der Waals surface area contributed by atoms with Gasteiger partial charge in [0.25, 0.3) is 11.5 Å². The molecule has 2 aromatic carbocycles. The number of fused-ring (bicyclic) bond motifs is 3. The van der Waals surface area contributed by atoms with Crippen molar-refractivity contribution in [3.8, 4) is 5.75 Å². The van der Waals surface area contributed by atoms with Crippen molar-refractivity contribution >= 4 is 16.8 Å². The van der Waals surface area contributed by atoms with Gasteiger partial charge in [-0.2, -0.15) is 0 Å². The highest BCUT2D eigenvalue weighted by Crippen LogP contribution is 2.34. The van der Waals surface area contributed by atoms with Crippen LogP contribution >= 0.6 is 0 Å². The van der Waals surface area contributed by atoms with Crippen molar-refractivity contribution in [3.05, 3.63) is 63.4 Å². The maximum Gasteiger partial charge on any atom is 0.278 e. The van der Waals surface area contributed by atoms with Crippen LogP contribution in [0.25, 0.3) is 10.9 Å². The van der Waals surface area contributed by atoms with Gasteiger partial charge in [0.15, 0.2) is 6.23 Å². The largest absolute Gasteiger partial charge is 0.470 e. The van der Waals surface area contributed by atoms with E-state index in [9.17, 15) is 18.4 Å². The topological polar surface area (TPSA) is 77.3 Å². The number of ether oxygens (including phenoxy) is 1. The molecule has 1 atom stereocenters. The summed E-state index contributed by atoms with van der Waals surface area (Å²) in [6.45, 7) is 0.367. The van der Waals surface area contributed by atoms with Crippen LogP contribution in [0.1, 0.15) is 28.8 Å². The molecule has 3 heterocycles. The average molecular weight is 384 g/mol. The van der Waals surface area contributed by atoms with E-state index in [1.165, 1.54) is 12.1 Å². The second kappa shape index (κ2) is 6.08. The van der Waals surface area contributed by atoms with Crippen molar-refractivity contribution in [1.82, 2.24) is 19.9 Å². The van der Waals surface area contributed by atoms with Gasteiger partial charge >= 0.3 is 0 Å². The number of rotatable bonds is 2. The zero-order valence-electron chi connectivity index (χ0n) is 14.6. The van der Waals surface area contributed by atoms with E-state index in [1.54, 1.807) is 4.90 Å². The molecule has 3 aromatic rings. The molecule has 1 amide bonds. The molecule has 1 unspecified atom stereocenters. The lowest BCUT2D eigenvalue weighted by Crippen LogP contribution is -2.43. The molecule has 1 fully saturated rings. The molecular weight excluding hydrogens is 370 g/mol. The van der Waals surface area contributed by atoms with E-state index >= 15 is 0 Å². The third-order valence-electron chi connectivity index (χ3n) is 5.10. The highest BCUT2D eigenvalue weighted by molar-refractivity contribution is 6.01. The van der Waals surface area contributed by atoms with Crippen LogP contribution < -0.4 is 10.3 Å². The van der Waals surface area contributed by atoms with Crippen LogP contribution in [-0.2, 0) is 6.54 Å². The molecule has 0 aliphatic carbocycles. The first-order chi connectivity index (χ1) is 13.5. The summed E-state index contributed by atoms with van der Waals surface area (Å²) in [5.74, 6) is -1.08. The minimum Gasteiger partial charge on any atom is -0.470 e. The van der Waals surface area contributed by atoms with Crippen LogP contribution in [0.2, 0.25) is 0 Å². The standard InChI is InChI=1S/C19H14F2N4O3/c20-11-3-4-14(21)10(6-11)9-25-19(27)12-8-16-13(7-15(12)22-23-25)18(26)24-5-1-2-17(24)28-16/h3-4,6-8,17H,1-2,5,9H2. The molecule has 142 valence electrons. The first kappa shape index (κ1) is 16.8. The number of nitrogens with zero attached hydrogens (tertiary/aromatic N) is 4. The molecule has 5 rings (SSSR count). The molecule has 2 aliphatic heterocycles. The molecule has 0 N–H and O–H groups in total. The lowest BCUT2D eigenvalue weighted by molar-refractivity contribution is 0.0295. The lowest BCUT2D eigenvalue weighted by atomic mass is 10.1. The normalized spacial score (nSPS) is 18.1. The monoisotopic (exact) mass is 384 g/mol. The molecule has 0 spiro atoms. The van der Waals surface area contributed by atoms with Crippen LogP contribution in [0, 0.1) is 11.6 Å². The molecular formula is C19H14F2N4O3. The van der Waals surface area contributed by atoms with Gasteiger partial charge in [-0.25, -0.2) is 13.5 Å². The Hall–Kier alpha value is -3.36. The Labute approximate surface area is 157 Å². The third kappa shape index (κ3) is 2.54. The predicted molar refractivity (Wildman–Crippen MR) is 93.9 cm³/mol. The van der Waals surface area contributed by atoms with Gasteiger partial charge in [-0.3, -0.25) is 9.59 Å². The number of aromatic nitrogens is 3. The maximum atomic E-state index is 13.9. The summed E-state index contributed by atoms with van der Waals surface area (Å²) >= 11 is 0. The Morgan fingerprint density at radius 3 is 2.89 bits per heavy atom. The number of halogens is 2. The van der Waals surface area contributed by atoms with Gasteiger partial charge in [0, 0.05) is 18.5 Å². The molecule has 0 saturated carbocycles. The second-order valence-electron chi connectivity index (χ2n) is 6.87. The Balaban J connectivity index is 1.59. The zero-order chi connectivity index (χ0) is 19.4. The van der Waals surface area contributed by atoms with E-state index in [1.807, 2.05) is 0 Å². The van der Waals surface area contributed by atoms with Gasteiger partial charge in [0.2, 0.25) is 0 Å². The number of carbonyl (C=O) groups is 1. The SMILES string of the molecule is O=C1c2cc3nnn(Cc4cc(F)ccc4F)c(=O)c3cc2OC2CCCN12. The highest BCUT2D eigenvalue weighted by atomic mass is 19.1. The van der Waals surface area contributed by atoms with E-state index in [0.717, 1.165) is 35.7 Å². The predicted octanol–water partition coefficient (Wildman–Crippen LogP) is 2.07. The Bertz CT molecular complexity index is 1190. The van der Waals surface area contributed by atoms with Crippen LogP contribution in [0.5, 0.6) is 5.75 Å². The average Bonchev–Trinajstić information content (AvgIpc) is 3.15. The fourth-order valence-corrected chi connectivity index (χ4v) is 3.69. The highest BCUT2D eigenvalue weighted by Gasteiger charge is 2.37. The number of hydrogen-bond donors (Lipinski definition) is 0. The number of benzene rings is 2. The first-order valence-electron chi connectivity index (χ1n) is 8.84. The van der Waals surface area contributed by atoms with Crippen LogP contribution in [0.15, 0.2) is 35.1 Å². The summed E-state index contributed by atoms with van der Waals surface area (Å²) in [6, 6.07) is 5.97. The molecule has 9 heteroatoms. The summed E-state index contributed by atoms with van der Waals surface area (Å²) in [4.78, 5) is 27.1. The third-order valence-corrected chi connectivity index (χ3v) is 5.10. The minimum atomic E-state index is -0.643. The van der Waals surface area contributed by atoms with Crippen LogP contribution in [0.4, 0.5) is 8.78 Å². The zero-order valence-corrected chi connectivity index (χ0v) is 14.6. The van der Waals surface area contributed by atoms with Crippen molar-refractivity contribution in [2.75, 3.05) is 6.54 Å². The molecule has 0 radical (unpaired) electrons. The summed E-state index contributed by atoms with van der Waals surface area (Å²) in [5.41, 5.74) is 0.0469. The maximum absolute atomic E-state index is 13.9. The number of hydrogen-bond acceptors (Lipinski definition) is 5. The molecule has 7 nitrogen and oxygen atoms in total. The Morgan fingerprint density at radius 1 is 1.18 bits per heavy atom. The summed E-state index contributed by atoms with van der Waals surface area (Å²) < 4.78 is 34.1. The number of carbonyl (C=O) groups excluding carboxylic acids is 1. The van der Waals surface area contributed by atoms with E-state index < -0.39 is 17.2 Å². The van der Waals surface area contributed by atoms with Gasteiger partial charge in [-0.1, -0.05) is 5.21 Å². The van der Waals surface area contributed by atoms with Crippen molar-refractivity contribution in [2.24, 2.45) is 0 Å². The summed E-state index contributed by atoms with van der Waals surface area (Å²) in [5, 5.41) is 8.00. The molecule has 1 saturated heterocycles. The summed E-state index contributed by atoms with van der Waals surface area (Å²) in [7, 11) is 0. The Kier molecular flexibility index (Phi) is 3.65. The fraction of sp³-hybridized carbons (Fsp3) is 0.263. The van der Waals surface area contributed by atoms with Crippen molar-refractivity contribution in [2.45, 2.75) is 25.6 Å². The van der Waals surface area contributed by atoms with Crippen LogP contribution in [-0.4, -0.2) is 38.6 Å². The van der Waals surface area contributed by atoms with Crippen LogP contribution in [0.3, 0.4) is 0 Å². The lowest BCUT2D eigenvalue weighted by Gasteiger charge is -2.31. The smallest absolute Gasteiger partial charge is 0.278 e. The molecule has 28 heavy (non-hydrogen) atoms. The fourth-order valence-electron chi connectivity index (χ4n) is 3.69. The van der Waals surface area contributed by atoms with Crippen molar-refractivity contribution in [3.63, 3.8) is 0 Å². The van der Waals surface area contributed by atoms with Crippen molar-refractivity contribution in [1.29, 1.82) is 0 Å². The van der Waals surface area contributed by atoms with Gasteiger partial charge in [-0.05, 0) is 36.8 Å². The van der Waals surface area contributed by atoms with E-state index in [2.05, 4.69) is 10.3 Å². The minimum absolute atomic E-state index is 0.0123.